The largest absolute Gasteiger partial charge is 0.496 e. The Morgan fingerprint density at radius 2 is 1.69 bits per heavy atom. The van der Waals surface area contributed by atoms with Crippen molar-refractivity contribution in [1.82, 2.24) is 4.90 Å². The van der Waals surface area contributed by atoms with E-state index in [0.29, 0.717) is 6.04 Å². The third-order valence-electron chi connectivity index (χ3n) is 5.30. The molecule has 1 fully saturated rings. The lowest BCUT2D eigenvalue weighted by Gasteiger charge is -2.45. The zero-order chi connectivity index (χ0) is 17.9. The Bertz CT molecular complexity index is 765. The van der Waals surface area contributed by atoms with Crippen molar-refractivity contribution in [3.05, 3.63) is 65.7 Å². The first-order valence-corrected chi connectivity index (χ1v) is 9.09. The van der Waals surface area contributed by atoms with Crippen molar-refractivity contribution in [3.8, 4) is 11.5 Å². The van der Waals surface area contributed by atoms with Crippen LogP contribution in [-0.4, -0.2) is 44.4 Å². The number of fused-ring (bicyclic) bond motifs is 2. The summed E-state index contributed by atoms with van der Waals surface area (Å²) < 4.78 is 17.1. The van der Waals surface area contributed by atoms with E-state index in [1.165, 1.54) is 11.1 Å². The Morgan fingerprint density at radius 1 is 0.962 bits per heavy atom. The highest BCUT2D eigenvalue weighted by Crippen LogP contribution is 2.41. The topological polar surface area (TPSA) is 30.9 Å². The van der Waals surface area contributed by atoms with E-state index in [1.807, 2.05) is 18.2 Å². The Balaban J connectivity index is 1.67. The van der Waals surface area contributed by atoms with Crippen LogP contribution in [0.3, 0.4) is 0 Å². The number of rotatable bonds is 5. The van der Waals surface area contributed by atoms with Crippen molar-refractivity contribution in [3.63, 3.8) is 0 Å². The SMILES string of the molecule is COc1cccc(OC)c1C1=CC2COCC(C1)N2Cc1ccccc1. The van der Waals surface area contributed by atoms with Crippen LogP contribution >= 0.6 is 0 Å². The van der Waals surface area contributed by atoms with Crippen LogP contribution in [0.2, 0.25) is 0 Å². The van der Waals surface area contributed by atoms with E-state index >= 15 is 0 Å². The second-order valence-electron chi connectivity index (χ2n) is 6.85. The molecule has 4 nitrogen and oxygen atoms in total. The number of hydrogen-bond donors (Lipinski definition) is 0. The molecule has 2 atom stereocenters. The standard InChI is InChI=1S/C22H25NO3/c1-24-20-9-6-10-21(25-2)22(20)17-11-18-14-26-15-19(12-17)23(18)13-16-7-4-3-5-8-16/h3-11,18-19H,12-15H2,1-2H3. The Hall–Kier alpha value is -2.30. The molecule has 0 aliphatic carbocycles. The Labute approximate surface area is 155 Å². The van der Waals surface area contributed by atoms with Crippen molar-refractivity contribution >= 4 is 5.57 Å². The van der Waals surface area contributed by atoms with Crippen LogP contribution < -0.4 is 9.47 Å². The van der Waals surface area contributed by atoms with Gasteiger partial charge in [0.15, 0.2) is 0 Å². The Morgan fingerprint density at radius 3 is 2.35 bits per heavy atom. The van der Waals surface area contributed by atoms with Gasteiger partial charge < -0.3 is 14.2 Å². The summed E-state index contributed by atoms with van der Waals surface area (Å²) in [7, 11) is 3.43. The normalized spacial score (nSPS) is 22.6. The maximum absolute atomic E-state index is 5.85. The molecule has 1 saturated heterocycles. The molecular weight excluding hydrogens is 326 g/mol. The molecule has 4 rings (SSSR count). The lowest BCUT2D eigenvalue weighted by molar-refractivity contribution is -0.0403. The highest BCUT2D eigenvalue weighted by molar-refractivity contribution is 5.77. The molecule has 2 aliphatic rings. The summed E-state index contributed by atoms with van der Waals surface area (Å²) in [6.07, 6.45) is 3.26. The zero-order valence-corrected chi connectivity index (χ0v) is 15.4. The molecule has 2 heterocycles. The molecule has 0 spiro atoms. The fourth-order valence-electron chi connectivity index (χ4n) is 4.05. The maximum Gasteiger partial charge on any atom is 0.130 e. The number of nitrogens with zero attached hydrogens (tertiary/aromatic N) is 1. The maximum atomic E-state index is 5.85. The molecule has 0 N–H and O–H groups in total. The van der Waals surface area contributed by atoms with Gasteiger partial charge in [-0.15, -0.1) is 0 Å². The summed E-state index contributed by atoms with van der Waals surface area (Å²) in [4.78, 5) is 2.56. The minimum atomic E-state index is 0.271. The fraction of sp³-hybridized carbons (Fsp3) is 0.364. The van der Waals surface area contributed by atoms with E-state index in [2.05, 4.69) is 41.3 Å². The van der Waals surface area contributed by atoms with E-state index < -0.39 is 0 Å². The summed E-state index contributed by atoms with van der Waals surface area (Å²) in [5, 5.41) is 0. The van der Waals surface area contributed by atoms with Crippen molar-refractivity contribution < 1.29 is 14.2 Å². The average molecular weight is 351 g/mol. The molecule has 136 valence electrons. The van der Waals surface area contributed by atoms with Crippen LogP contribution in [0.1, 0.15) is 17.5 Å². The predicted molar refractivity (Wildman–Crippen MR) is 103 cm³/mol. The van der Waals surface area contributed by atoms with E-state index in [-0.39, 0.29) is 6.04 Å². The lowest BCUT2D eigenvalue weighted by Crippen LogP contribution is -2.53. The summed E-state index contributed by atoms with van der Waals surface area (Å²) in [6.45, 7) is 2.44. The van der Waals surface area contributed by atoms with Gasteiger partial charge in [-0.1, -0.05) is 42.5 Å². The third kappa shape index (κ3) is 3.22. The van der Waals surface area contributed by atoms with Crippen LogP contribution in [0.15, 0.2) is 54.6 Å². The number of ether oxygens (including phenoxy) is 3. The first kappa shape index (κ1) is 17.1. The molecule has 2 aromatic carbocycles. The molecule has 26 heavy (non-hydrogen) atoms. The summed E-state index contributed by atoms with van der Waals surface area (Å²) >= 11 is 0. The van der Waals surface area contributed by atoms with Crippen LogP contribution in [0.4, 0.5) is 0 Å². The van der Waals surface area contributed by atoms with Crippen molar-refractivity contribution in [1.29, 1.82) is 0 Å². The molecule has 2 aliphatic heterocycles. The van der Waals surface area contributed by atoms with Crippen molar-refractivity contribution in [2.75, 3.05) is 27.4 Å². The second-order valence-corrected chi connectivity index (χ2v) is 6.85. The first-order valence-electron chi connectivity index (χ1n) is 9.09. The highest BCUT2D eigenvalue weighted by atomic mass is 16.5. The van der Waals surface area contributed by atoms with E-state index in [4.69, 9.17) is 14.2 Å². The van der Waals surface area contributed by atoms with E-state index in [9.17, 15) is 0 Å². The molecular formula is C22H25NO3. The summed E-state index contributed by atoms with van der Waals surface area (Å²) in [5.41, 5.74) is 3.71. The van der Waals surface area contributed by atoms with E-state index in [0.717, 1.165) is 43.2 Å². The fourth-order valence-corrected chi connectivity index (χ4v) is 4.05. The van der Waals surface area contributed by atoms with Crippen LogP contribution in [-0.2, 0) is 11.3 Å². The van der Waals surface area contributed by atoms with Gasteiger partial charge in [-0.3, -0.25) is 4.90 Å². The average Bonchev–Trinajstić information content (AvgIpc) is 2.68. The molecule has 2 bridgehead atoms. The second kappa shape index (κ2) is 7.52. The predicted octanol–water partition coefficient (Wildman–Crippen LogP) is 3.76. The monoisotopic (exact) mass is 351 g/mol. The molecule has 2 aromatic rings. The smallest absolute Gasteiger partial charge is 0.130 e. The highest BCUT2D eigenvalue weighted by Gasteiger charge is 2.36. The number of methoxy groups -OCH3 is 2. The van der Waals surface area contributed by atoms with Gasteiger partial charge in [0.25, 0.3) is 0 Å². The van der Waals surface area contributed by atoms with Gasteiger partial charge in [-0.25, -0.2) is 0 Å². The molecule has 0 aromatic heterocycles. The zero-order valence-electron chi connectivity index (χ0n) is 15.4. The quantitative estimate of drug-likeness (QED) is 0.821. The van der Waals surface area contributed by atoms with Gasteiger partial charge in [0.05, 0.1) is 39.0 Å². The molecule has 2 unspecified atom stereocenters. The molecule has 4 heteroatoms. The summed E-state index contributed by atoms with van der Waals surface area (Å²) in [5.74, 6) is 1.73. The van der Waals surface area contributed by atoms with Crippen LogP contribution in [0.5, 0.6) is 11.5 Å². The first-order chi connectivity index (χ1) is 12.8. The minimum Gasteiger partial charge on any atom is -0.496 e. The van der Waals surface area contributed by atoms with Crippen molar-refractivity contribution in [2.45, 2.75) is 25.0 Å². The van der Waals surface area contributed by atoms with Gasteiger partial charge in [-0.2, -0.15) is 0 Å². The molecule has 0 amide bonds. The van der Waals surface area contributed by atoms with E-state index in [1.54, 1.807) is 14.2 Å². The van der Waals surface area contributed by atoms with Gasteiger partial charge in [0.1, 0.15) is 11.5 Å². The number of hydrogen-bond acceptors (Lipinski definition) is 4. The van der Waals surface area contributed by atoms with Gasteiger partial charge in [0, 0.05) is 12.6 Å². The lowest BCUT2D eigenvalue weighted by atomic mass is 9.88. The van der Waals surface area contributed by atoms with Crippen molar-refractivity contribution in [2.24, 2.45) is 0 Å². The summed E-state index contributed by atoms with van der Waals surface area (Å²) in [6, 6.07) is 17.3. The van der Waals surface area contributed by atoms with Gasteiger partial charge >= 0.3 is 0 Å². The van der Waals surface area contributed by atoms with Crippen LogP contribution in [0.25, 0.3) is 5.57 Å². The van der Waals surface area contributed by atoms with Gasteiger partial charge in [-0.05, 0) is 29.7 Å². The molecule has 0 radical (unpaired) electrons. The number of morpholine rings is 1. The molecule has 0 saturated carbocycles. The van der Waals surface area contributed by atoms with Crippen LogP contribution in [0, 0.1) is 0 Å². The van der Waals surface area contributed by atoms with Gasteiger partial charge in [0.2, 0.25) is 0 Å². The third-order valence-corrected chi connectivity index (χ3v) is 5.30. The number of benzene rings is 2. The minimum absolute atomic E-state index is 0.271. The Kier molecular flexibility index (Phi) is 4.96.